The number of pyridine rings is 1. The minimum absolute atomic E-state index is 0.174. The van der Waals surface area contributed by atoms with Gasteiger partial charge in [0.15, 0.2) is 5.96 Å². The number of hydrogen-bond donors (Lipinski definition) is 2. The van der Waals surface area contributed by atoms with Crippen molar-refractivity contribution >= 4 is 29.0 Å². The number of carbonyl (C=O) groups is 1. The van der Waals surface area contributed by atoms with Crippen molar-refractivity contribution in [3.05, 3.63) is 40.0 Å². The fraction of sp³-hybridized carbons (Fsp3) is 0.524. The summed E-state index contributed by atoms with van der Waals surface area (Å²) in [5, 5.41) is 7.58. The second kappa shape index (κ2) is 10.9. The smallest absolute Gasteiger partial charge is 0.224 e. The molecule has 0 aliphatic carbocycles. The second-order valence-electron chi connectivity index (χ2n) is 7.17. The Hall–Kier alpha value is -2.68. The van der Waals surface area contributed by atoms with E-state index in [2.05, 4.69) is 30.5 Å². The van der Waals surface area contributed by atoms with Crippen molar-refractivity contribution in [1.29, 1.82) is 0 Å². The Morgan fingerprint density at radius 3 is 2.63 bits per heavy atom. The number of amides is 1. The molecule has 1 saturated heterocycles. The first-order chi connectivity index (χ1) is 14.6. The molecule has 3 heterocycles. The molecule has 8 nitrogen and oxygen atoms in total. The lowest BCUT2D eigenvalue weighted by molar-refractivity contribution is -0.131. The van der Waals surface area contributed by atoms with Crippen LogP contribution in [0.3, 0.4) is 0 Å². The topological polar surface area (TPSA) is 85.7 Å². The molecule has 1 aliphatic heterocycles. The van der Waals surface area contributed by atoms with Gasteiger partial charge < -0.3 is 20.4 Å². The number of nitrogens with one attached hydrogen (secondary N) is 2. The molecule has 162 valence electrons. The summed E-state index contributed by atoms with van der Waals surface area (Å²) in [6.45, 7) is 11.1. The number of rotatable bonds is 7. The number of nitrogens with zero attached hydrogens (tertiary/aromatic N) is 5. The summed E-state index contributed by atoms with van der Waals surface area (Å²) in [5.41, 5.74) is 1.04. The van der Waals surface area contributed by atoms with E-state index in [4.69, 9.17) is 0 Å². The van der Waals surface area contributed by atoms with Crippen LogP contribution in [-0.2, 0) is 11.3 Å². The number of aryl methyl sites for hydroxylation is 2. The van der Waals surface area contributed by atoms with E-state index in [1.807, 2.05) is 43.9 Å². The number of carbonyl (C=O) groups excluding carboxylic acids is 1. The molecular formula is C21H31N7OS. The lowest BCUT2D eigenvalue weighted by Crippen LogP contribution is -2.49. The molecule has 0 atom stereocenters. The van der Waals surface area contributed by atoms with Crippen molar-refractivity contribution in [2.24, 2.45) is 4.99 Å². The Kier molecular flexibility index (Phi) is 8.01. The van der Waals surface area contributed by atoms with Crippen LogP contribution >= 0.6 is 11.3 Å². The van der Waals surface area contributed by atoms with Gasteiger partial charge in [0, 0.05) is 56.8 Å². The van der Waals surface area contributed by atoms with Crippen molar-refractivity contribution in [1.82, 2.24) is 25.5 Å². The molecule has 0 unspecified atom stereocenters. The molecule has 0 spiro atoms. The van der Waals surface area contributed by atoms with Crippen LogP contribution in [0.25, 0.3) is 0 Å². The molecule has 9 heteroatoms. The molecule has 0 bridgehead atoms. The zero-order chi connectivity index (χ0) is 21.3. The Bertz CT molecular complexity index is 844. The van der Waals surface area contributed by atoms with Crippen molar-refractivity contribution < 1.29 is 4.79 Å². The van der Waals surface area contributed by atoms with Gasteiger partial charge in [-0.1, -0.05) is 6.07 Å². The van der Waals surface area contributed by atoms with E-state index in [1.54, 1.807) is 17.5 Å². The Labute approximate surface area is 182 Å². The van der Waals surface area contributed by atoms with Crippen LogP contribution in [0.15, 0.2) is 29.4 Å². The molecule has 1 amide bonds. The molecule has 3 rings (SSSR count). The maximum absolute atomic E-state index is 12.6. The van der Waals surface area contributed by atoms with Gasteiger partial charge in [0.25, 0.3) is 0 Å². The van der Waals surface area contributed by atoms with Crippen molar-refractivity contribution in [2.75, 3.05) is 44.2 Å². The predicted octanol–water partition coefficient (Wildman–Crippen LogP) is 1.95. The summed E-state index contributed by atoms with van der Waals surface area (Å²) in [4.78, 5) is 31.4. The molecule has 0 saturated carbocycles. The summed E-state index contributed by atoms with van der Waals surface area (Å²) >= 11 is 1.68. The number of guanidine groups is 1. The van der Waals surface area contributed by atoms with E-state index >= 15 is 0 Å². The fourth-order valence-corrected chi connectivity index (χ4v) is 4.25. The van der Waals surface area contributed by atoms with Gasteiger partial charge >= 0.3 is 0 Å². The van der Waals surface area contributed by atoms with E-state index in [9.17, 15) is 4.79 Å². The van der Waals surface area contributed by atoms with Crippen LogP contribution in [0.2, 0.25) is 0 Å². The van der Waals surface area contributed by atoms with E-state index in [-0.39, 0.29) is 5.91 Å². The zero-order valence-electron chi connectivity index (χ0n) is 18.0. The zero-order valence-corrected chi connectivity index (χ0v) is 18.8. The normalized spacial score (nSPS) is 14.7. The highest BCUT2D eigenvalue weighted by atomic mass is 32.1. The highest BCUT2D eigenvalue weighted by Gasteiger charge is 2.21. The number of aromatic nitrogens is 2. The third-order valence-electron chi connectivity index (χ3n) is 4.96. The van der Waals surface area contributed by atoms with Gasteiger partial charge in [-0.05, 0) is 32.9 Å². The first kappa shape index (κ1) is 22.0. The van der Waals surface area contributed by atoms with Crippen LogP contribution in [-0.4, -0.2) is 66.0 Å². The van der Waals surface area contributed by atoms with E-state index in [0.717, 1.165) is 55.2 Å². The van der Waals surface area contributed by atoms with Gasteiger partial charge in [0.1, 0.15) is 5.82 Å². The molecule has 0 radical (unpaired) electrons. The number of piperazine rings is 1. The van der Waals surface area contributed by atoms with Gasteiger partial charge in [-0.15, -0.1) is 11.3 Å². The second-order valence-corrected chi connectivity index (χ2v) is 8.46. The number of anilines is 1. The summed E-state index contributed by atoms with van der Waals surface area (Å²) in [6, 6.07) is 5.92. The maximum Gasteiger partial charge on any atom is 0.224 e. The van der Waals surface area contributed by atoms with Gasteiger partial charge in [0.2, 0.25) is 5.91 Å². The summed E-state index contributed by atoms with van der Waals surface area (Å²) in [5.74, 6) is 1.88. The standard InChI is InChI=1S/C21H31N7OS/c1-4-22-21(25-15-18-16(2)26-17(3)30-18)24-10-8-20(29)28-13-11-27(12-14-28)19-7-5-6-9-23-19/h5-7,9H,4,8,10-15H2,1-3H3,(H2,22,24,25). The molecule has 1 aliphatic rings. The predicted molar refractivity (Wildman–Crippen MR) is 122 cm³/mol. The molecule has 30 heavy (non-hydrogen) atoms. The summed E-state index contributed by atoms with van der Waals surface area (Å²) < 4.78 is 0. The van der Waals surface area contributed by atoms with Crippen LogP contribution in [0.5, 0.6) is 0 Å². The lowest BCUT2D eigenvalue weighted by Gasteiger charge is -2.35. The first-order valence-corrected chi connectivity index (χ1v) is 11.3. The van der Waals surface area contributed by atoms with Crippen molar-refractivity contribution in [3.63, 3.8) is 0 Å². The van der Waals surface area contributed by atoms with Gasteiger partial charge in [-0.2, -0.15) is 0 Å². The monoisotopic (exact) mass is 429 g/mol. The minimum atomic E-state index is 0.174. The molecular weight excluding hydrogens is 398 g/mol. The van der Waals surface area contributed by atoms with E-state index < -0.39 is 0 Å². The molecule has 2 N–H and O–H groups in total. The Morgan fingerprint density at radius 1 is 1.20 bits per heavy atom. The van der Waals surface area contributed by atoms with Gasteiger partial charge in [0.05, 0.1) is 17.2 Å². The first-order valence-electron chi connectivity index (χ1n) is 10.5. The molecule has 2 aromatic rings. The summed E-state index contributed by atoms with van der Waals surface area (Å²) in [6.07, 6.45) is 2.26. The van der Waals surface area contributed by atoms with Gasteiger partial charge in [-0.3, -0.25) is 4.79 Å². The number of thiazole rings is 1. The largest absolute Gasteiger partial charge is 0.357 e. The van der Waals surface area contributed by atoms with Crippen LogP contribution < -0.4 is 15.5 Å². The van der Waals surface area contributed by atoms with E-state index in [0.29, 0.717) is 19.5 Å². The minimum Gasteiger partial charge on any atom is -0.357 e. The Morgan fingerprint density at radius 2 is 2.00 bits per heavy atom. The average Bonchev–Trinajstić information content (AvgIpc) is 3.09. The SMILES string of the molecule is CCNC(=NCc1sc(C)nc1C)NCCC(=O)N1CCN(c2ccccn2)CC1. The maximum atomic E-state index is 12.6. The highest BCUT2D eigenvalue weighted by Crippen LogP contribution is 2.17. The Balaban J connectivity index is 1.43. The van der Waals surface area contributed by atoms with Crippen LogP contribution in [0.1, 0.15) is 28.9 Å². The summed E-state index contributed by atoms with van der Waals surface area (Å²) in [7, 11) is 0. The van der Waals surface area contributed by atoms with Crippen molar-refractivity contribution in [3.8, 4) is 0 Å². The van der Waals surface area contributed by atoms with Crippen molar-refractivity contribution in [2.45, 2.75) is 33.7 Å². The van der Waals surface area contributed by atoms with Gasteiger partial charge in [-0.25, -0.2) is 15.0 Å². The molecule has 0 aromatic carbocycles. The molecule has 2 aromatic heterocycles. The lowest BCUT2D eigenvalue weighted by atomic mass is 10.2. The third kappa shape index (κ3) is 6.16. The quantitative estimate of drug-likeness (QED) is 0.517. The average molecular weight is 430 g/mol. The third-order valence-corrected chi connectivity index (χ3v) is 6.02. The van der Waals surface area contributed by atoms with Crippen LogP contribution in [0.4, 0.5) is 5.82 Å². The molecule has 1 fully saturated rings. The fourth-order valence-electron chi connectivity index (χ4n) is 3.38. The van der Waals surface area contributed by atoms with E-state index in [1.165, 1.54) is 4.88 Å². The van der Waals surface area contributed by atoms with Crippen LogP contribution in [0, 0.1) is 13.8 Å². The number of aliphatic imine (C=N–C) groups is 1. The number of hydrogen-bond acceptors (Lipinski definition) is 6. The highest BCUT2D eigenvalue weighted by molar-refractivity contribution is 7.11.